The van der Waals surface area contributed by atoms with Crippen molar-refractivity contribution in [3.8, 4) is 6.07 Å². The number of carbonyl (C=O) groups excluding carboxylic acids is 1. The van der Waals surface area contributed by atoms with Gasteiger partial charge in [0.25, 0.3) is 0 Å². The van der Waals surface area contributed by atoms with Gasteiger partial charge in [-0.05, 0) is 31.7 Å². The summed E-state index contributed by atoms with van der Waals surface area (Å²) in [5.74, 6) is -0.226. The first-order valence-electron chi connectivity index (χ1n) is 5.84. The van der Waals surface area contributed by atoms with Crippen LogP contribution in [0.1, 0.15) is 41.7 Å². The zero-order valence-corrected chi connectivity index (χ0v) is 9.35. The highest BCUT2D eigenvalue weighted by Gasteiger charge is 2.48. The highest BCUT2D eigenvalue weighted by Crippen LogP contribution is 2.47. The first-order valence-corrected chi connectivity index (χ1v) is 5.84. The minimum absolute atomic E-state index is 0.0973. The van der Waals surface area contributed by atoms with Crippen molar-refractivity contribution >= 4 is 5.97 Å². The first kappa shape index (κ1) is 10.3. The van der Waals surface area contributed by atoms with Gasteiger partial charge in [-0.3, -0.25) is 0 Å². The smallest absolute Gasteiger partial charge is 0.358 e. The Balaban J connectivity index is 1.97. The van der Waals surface area contributed by atoms with Gasteiger partial charge >= 0.3 is 5.97 Å². The SMILES string of the molecule is N#C[C@H]1CC[C@@]2(CC1)OC(=O)c1ncccc12. The molecular weight excluding hydrogens is 216 g/mol. The second kappa shape index (κ2) is 3.56. The largest absolute Gasteiger partial charge is 0.449 e. The van der Waals surface area contributed by atoms with Crippen LogP contribution in [0.25, 0.3) is 0 Å². The van der Waals surface area contributed by atoms with E-state index in [9.17, 15) is 4.79 Å². The number of aromatic nitrogens is 1. The molecule has 0 unspecified atom stereocenters. The molecule has 4 nitrogen and oxygen atoms in total. The summed E-state index contributed by atoms with van der Waals surface area (Å²) in [5, 5.41) is 8.90. The number of nitriles is 1. The van der Waals surface area contributed by atoms with Gasteiger partial charge < -0.3 is 4.74 Å². The van der Waals surface area contributed by atoms with E-state index in [4.69, 9.17) is 10.00 Å². The maximum atomic E-state index is 11.7. The van der Waals surface area contributed by atoms with Crippen LogP contribution in [-0.2, 0) is 10.3 Å². The first-order chi connectivity index (χ1) is 8.25. The minimum Gasteiger partial charge on any atom is -0.449 e. The fourth-order valence-electron chi connectivity index (χ4n) is 2.80. The maximum Gasteiger partial charge on any atom is 0.358 e. The molecule has 1 aliphatic heterocycles. The summed E-state index contributed by atoms with van der Waals surface area (Å²) in [4.78, 5) is 15.8. The number of fused-ring (bicyclic) bond motifs is 2. The normalized spacial score (nSPS) is 30.8. The summed E-state index contributed by atoms with van der Waals surface area (Å²) in [5.41, 5.74) is 0.845. The molecule has 0 aromatic carbocycles. The lowest BCUT2D eigenvalue weighted by Crippen LogP contribution is -2.31. The molecule has 17 heavy (non-hydrogen) atoms. The second-order valence-electron chi connectivity index (χ2n) is 4.69. The molecule has 2 aliphatic rings. The van der Waals surface area contributed by atoms with Crippen molar-refractivity contribution in [3.05, 3.63) is 29.6 Å². The molecular formula is C13H12N2O2. The van der Waals surface area contributed by atoms with Gasteiger partial charge in [0, 0.05) is 17.7 Å². The standard InChI is InChI=1S/C13H12N2O2/c14-8-9-3-5-13(6-4-9)10-2-1-7-15-11(10)12(16)17-13/h1-2,7,9H,3-6H2/t9-,13-. The van der Waals surface area contributed by atoms with Crippen LogP contribution in [0.2, 0.25) is 0 Å². The maximum absolute atomic E-state index is 11.7. The van der Waals surface area contributed by atoms with Gasteiger partial charge in [-0.1, -0.05) is 6.07 Å². The molecule has 1 saturated carbocycles. The van der Waals surface area contributed by atoms with Crippen molar-refractivity contribution in [2.75, 3.05) is 0 Å². The molecule has 0 bridgehead atoms. The van der Waals surface area contributed by atoms with Crippen molar-refractivity contribution in [1.29, 1.82) is 5.26 Å². The molecule has 1 spiro atoms. The Labute approximate surface area is 99.2 Å². The van der Waals surface area contributed by atoms with Gasteiger partial charge in [0.2, 0.25) is 0 Å². The lowest BCUT2D eigenvalue weighted by atomic mass is 9.76. The van der Waals surface area contributed by atoms with E-state index in [1.54, 1.807) is 6.20 Å². The fourth-order valence-corrected chi connectivity index (χ4v) is 2.80. The van der Waals surface area contributed by atoms with Gasteiger partial charge in [0.15, 0.2) is 5.69 Å². The number of hydrogen-bond donors (Lipinski definition) is 0. The molecule has 1 fully saturated rings. The Morgan fingerprint density at radius 2 is 2.24 bits per heavy atom. The quantitative estimate of drug-likeness (QED) is 0.638. The van der Waals surface area contributed by atoms with Gasteiger partial charge in [-0.25, -0.2) is 9.78 Å². The average Bonchev–Trinajstić information content (AvgIpc) is 2.65. The van der Waals surface area contributed by atoms with E-state index in [-0.39, 0.29) is 11.9 Å². The van der Waals surface area contributed by atoms with Crippen LogP contribution in [0.4, 0.5) is 0 Å². The number of nitrogens with zero attached hydrogens (tertiary/aromatic N) is 2. The van der Waals surface area contributed by atoms with Crippen molar-refractivity contribution < 1.29 is 9.53 Å². The van der Waals surface area contributed by atoms with E-state index in [0.717, 1.165) is 31.2 Å². The Morgan fingerprint density at radius 1 is 1.47 bits per heavy atom. The van der Waals surface area contributed by atoms with Gasteiger partial charge in [0.05, 0.1) is 6.07 Å². The highest BCUT2D eigenvalue weighted by molar-refractivity contribution is 5.92. The summed E-state index contributed by atoms with van der Waals surface area (Å²) in [6.07, 6.45) is 4.65. The zero-order valence-electron chi connectivity index (χ0n) is 9.35. The monoisotopic (exact) mass is 228 g/mol. The molecule has 1 aromatic heterocycles. The van der Waals surface area contributed by atoms with Crippen molar-refractivity contribution in [2.45, 2.75) is 31.3 Å². The topological polar surface area (TPSA) is 63.0 Å². The third-order valence-corrected chi connectivity index (χ3v) is 3.76. The second-order valence-corrected chi connectivity index (χ2v) is 4.69. The average molecular weight is 228 g/mol. The molecule has 3 rings (SSSR count). The highest BCUT2D eigenvalue weighted by atomic mass is 16.6. The predicted octanol–water partition coefficient (Wildman–Crippen LogP) is 2.16. The van der Waals surface area contributed by atoms with Crippen LogP contribution in [0.15, 0.2) is 18.3 Å². The summed E-state index contributed by atoms with van der Waals surface area (Å²) in [6.45, 7) is 0. The molecule has 1 aliphatic carbocycles. The summed E-state index contributed by atoms with van der Waals surface area (Å²) in [6, 6.07) is 6.04. The molecule has 1 aromatic rings. The Kier molecular flexibility index (Phi) is 2.15. The Hall–Kier alpha value is -1.89. The van der Waals surface area contributed by atoms with Crippen LogP contribution in [0, 0.1) is 17.2 Å². The van der Waals surface area contributed by atoms with Gasteiger partial charge in [0.1, 0.15) is 5.60 Å². The summed E-state index contributed by atoms with van der Waals surface area (Å²) in [7, 11) is 0. The van der Waals surface area contributed by atoms with Crippen LogP contribution in [0.3, 0.4) is 0 Å². The lowest BCUT2D eigenvalue weighted by Gasteiger charge is -2.34. The van der Waals surface area contributed by atoms with Crippen molar-refractivity contribution in [2.24, 2.45) is 5.92 Å². The number of pyridine rings is 1. The van der Waals surface area contributed by atoms with E-state index < -0.39 is 5.60 Å². The number of carbonyl (C=O) groups is 1. The van der Waals surface area contributed by atoms with Crippen LogP contribution < -0.4 is 0 Å². The van der Waals surface area contributed by atoms with Gasteiger partial charge in [-0.2, -0.15) is 5.26 Å². The van der Waals surface area contributed by atoms with E-state index in [2.05, 4.69) is 11.1 Å². The van der Waals surface area contributed by atoms with Crippen LogP contribution in [-0.4, -0.2) is 11.0 Å². The number of hydrogen-bond acceptors (Lipinski definition) is 4. The number of rotatable bonds is 0. The van der Waals surface area contributed by atoms with Crippen molar-refractivity contribution in [3.63, 3.8) is 0 Å². The molecule has 4 heteroatoms. The predicted molar refractivity (Wildman–Crippen MR) is 58.9 cm³/mol. The van der Waals surface area contributed by atoms with E-state index in [1.165, 1.54) is 0 Å². The van der Waals surface area contributed by atoms with E-state index in [0.29, 0.717) is 5.69 Å². The minimum atomic E-state index is -0.506. The van der Waals surface area contributed by atoms with E-state index >= 15 is 0 Å². The Bertz CT molecular complexity index is 510. The molecule has 2 heterocycles. The van der Waals surface area contributed by atoms with Crippen LogP contribution in [0.5, 0.6) is 0 Å². The third kappa shape index (κ3) is 1.42. The molecule has 0 N–H and O–H groups in total. The molecule has 0 saturated heterocycles. The molecule has 0 atom stereocenters. The number of ether oxygens (including phenoxy) is 1. The van der Waals surface area contributed by atoms with E-state index in [1.807, 2.05) is 12.1 Å². The van der Waals surface area contributed by atoms with Gasteiger partial charge in [-0.15, -0.1) is 0 Å². The molecule has 0 radical (unpaired) electrons. The third-order valence-electron chi connectivity index (χ3n) is 3.76. The zero-order chi connectivity index (χ0) is 11.9. The number of esters is 1. The molecule has 0 amide bonds. The summed E-state index contributed by atoms with van der Waals surface area (Å²) < 4.78 is 5.54. The van der Waals surface area contributed by atoms with Crippen LogP contribution >= 0.6 is 0 Å². The fraction of sp³-hybridized carbons (Fsp3) is 0.462. The molecule has 86 valence electrons. The summed E-state index contributed by atoms with van der Waals surface area (Å²) >= 11 is 0. The Morgan fingerprint density at radius 3 is 2.94 bits per heavy atom. The van der Waals surface area contributed by atoms with Crippen molar-refractivity contribution in [1.82, 2.24) is 4.98 Å². The lowest BCUT2D eigenvalue weighted by molar-refractivity contribution is -0.0324.